The molecule has 1 saturated heterocycles. The number of hydrogen-bond acceptors (Lipinski definition) is 7. The van der Waals surface area contributed by atoms with Gasteiger partial charge in [0.15, 0.2) is 0 Å². The maximum atomic E-state index is 11.0. The fraction of sp³-hybridized carbons (Fsp3) is 0.545. The highest BCUT2D eigenvalue weighted by molar-refractivity contribution is 5.59. The van der Waals surface area contributed by atoms with E-state index >= 15 is 0 Å². The van der Waals surface area contributed by atoms with Gasteiger partial charge in [-0.3, -0.25) is 15.5 Å². The Labute approximate surface area is 110 Å². The average molecular weight is 267 g/mol. The first-order chi connectivity index (χ1) is 9.20. The van der Waals surface area contributed by atoms with Crippen molar-refractivity contribution in [2.75, 3.05) is 43.6 Å². The number of nitro groups is 1. The summed E-state index contributed by atoms with van der Waals surface area (Å²) in [7, 11) is 0. The standard InChI is InChI=1S/C11H17N5O3/c1-2-12-10-4-3-9(16(17)18)11(13-10)14-15-5-7-19-8-6-15/h3-4H,2,5-8H2,1H3,(H2,12,13,14). The Balaban J connectivity index is 2.18. The predicted octanol–water partition coefficient (Wildman–Crippen LogP) is 1.08. The van der Waals surface area contributed by atoms with Crippen LogP contribution in [0.15, 0.2) is 12.1 Å². The van der Waals surface area contributed by atoms with Gasteiger partial charge in [0.25, 0.3) is 0 Å². The molecule has 19 heavy (non-hydrogen) atoms. The third kappa shape index (κ3) is 3.52. The molecule has 0 spiro atoms. The summed E-state index contributed by atoms with van der Waals surface area (Å²) in [4.78, 5) is 14.8. The van der Waals surface area contributed by atoms with Crippen molar-refractivity contribution in [1.82, 2.24) is 9.99 Å². The summed E-state index contributed by atoms with van der Waals surface area (Å²) in [6.07, 6.45) is 0. The molecule has 0 saturated carbocycles. The molecular formula is C11H17N5O3. The van der Waals surface area contributed by atoms with E-state index in [9.17, 15) is 10.1 Å². The van der Waals surface area contributed by atoms with E-state index in [-0.39, 0.29) is 11.5 Å². The molecule has 0 bridgehead atoms. The van der Waals surface area contributed by atoms with Crippen molar-refractivity contribution >= 4 is 17.3 Å². The van der Waals surface area contributed by atoms with Crippen molar-refractivity contribution in [3.8, 4) is 0 Å². The molecule has 2 heterocycles. The van der Waals surface area contributed by atoms with Crippen LogP contribution in [0.25, 0.3) is 0 Å². The van der Waals surface area contributed by atoms with Gasteiger partial charge < -0.3 is 10.1 Å². The molecule has 8 heteroatoms. The highest BCUT2D eigenvalue weighted by Gasteiger charge is 2.19. The Morgan fingerprint density at radius 1 is 1.47 bits per heavy atom. The van der Waals surface area contributed by atoms with Crippen LogP contribution in [0.4, 0.5) is 17.3 Å². The van der Waals surface area contributed by atoms with Gasteiger partial charge in [-0.2, -0.15) is 0 Å². The first kappa shape index (κ1) is 13.5. The lowest BCUT2D eigenvalue weighted by Gasteiger charge is -2.27. The lowest BCUT2D eigenvalue weighted by atomic mass is 10.3. The number of morpholine rings is 1. The van der Waals surface area contributed by atoms with Gasteiger partial charge in [-0.1, -0.05) is 0 Å². The quantitative estimate of drug-likeness (QED) is 0.609. The summed E-state index contributed by atoms with van der Waals surface area (Å²) in [5.74, 6) is 0.870. The average Bonchev–Trinajstić information content (AvgIpc) is 2.40. The van der Waals surface area contributed by atoms with Gasteiger partial charge in [-0.15, -0.1) is 0 Å². The Hall–Kier alpha value is -1.93. The van der Waals surface area contributed by atoms with Crippen LogP contribution in [0, 0.1) is 10.1 Å². The van der Waals surface area contributed by atoms with Gasteiger partial charge >= 0.3 is 5.69 Å². The molecule has 0 atom stereocenters. The Morgan fingerprint density at radius 3 is 2.84 bits per heavy atom. The molecule has 0 unspecified atom stereocenters. The summed E-state index contributed by atoms with van der Waals surface area (Å²) in [5.41, 5.74) is 2.96. The number of hydrazine groups is 1. The number of ether oxygens (including phenoxy) is 1. The molecule has 1 aromatic heterocycles. The monoisotopic (exact) mass is 267 g/mol. The maximum Gasteiger partial charge on any atom is 0.312 e. The fourth-order valence-electron chi connectivity index (χ4n) is 1.79. The molecule has 2 N–H and O–H groups in total. The third-order valence-electron chi connectivity index (χ3n) is 2.70. The second-order valence-corrected chi connectivity index (χ2v) is 4.06. The number of hydrogen-bond donors (Lipinski definition) is 2. The molecule has 1 fully saturated rings. The number of pyridine rings is 1. The van der Waals surface area contributed by atoms with Gasteiger partial charge in [0.05, 0.1) is 18.1 Å². The van der Waals surface area contributed by atoms with E-state index in [0.717, 1.165) is 0 Å². The SMILES string of the molecule is CCNc1ccc([N+](=O)[O-])c(NN2CCOCC2)n1. The predicted molar refractivity (Wildman–Crippen MR) is 71.1 cm³/mol. The van der Waals surface area contributed by atoms with E-state index in [1.807, 2.05) is 11.9 Å². The smallest absolute Gasteiger partial charge is 0.312 e. The van der Waals surface area contributed by atoms with Crippen molar-refractivity contribution in [3.05, 3.63) is 22.2 Å². The first-order valence-electron chi connectivity index (χ1n) is 6.19. The first-order valence-corrected chi connectivity index (χ1v) is 6.19. The zero-order valence-electron chi connectivity index (χ0n) is 10.8. The molecular weight excluding hydrogens is 250 g/mol. The molecule has 1 aromatic rings. The van der Waals surface area contributed by atoms with Crippen molar-refractivity contribution in [2.24, 2.45) is 0 Å². The maximum absolute atomic E-state index is 11.0. The number of rotatable bonds is 5. The molecule has 2 rings (SSSR count). The van der Waals surface area contributed by atoms with Gasteiger partial charge in [-0.25, -0.2) is 9.99 Å². The fourth-order valence-corrected chi connectivity index (χ4v) is 1.79. The minimum Gasteiger partial charge on any atom is -0.379 e. The summed E-state index contributed by atoms with van der Waals surface area (Å²) in [6.45, 7) is 5.20. The second-order valence-electron chi connectivity index (χ2n) is 4.06. The summed E-state index contributed by atoms with van der Waals surface area (Å²) in [5, 5.41) is 15.9. The highest BCUT2D eigenvalue weighted by Crippen LogP contribution is 2.24. The minimum atomic E-state index is -0.439. The molecule has 8 nitrogen and oxygen atoms in total. The number of nitrogens with one attached hydrogen (secondary N) is 2. The van der Waals surface area contributed by atoms with Crippen LogP contribution in [-0.4, -0.2) is 47.8 Å². The van der Waals surface area contributed by atoms with Crippen molar-refractivity contribution in [3.63, 3.8) is 0 Å². The topological polar surface area (TPSA) is 92.6 Å². The highest BCUT2D eigenvalue weighted by atomic mass is 16.6. The van der Waals surface area contributed by atoms with E-state index in [2.05, 4.69) is 15.7 Å². The minimum absolute atomic E-state index is 0.0341. The van der Waals surface area contributed by atoms with E-state index in [4.69, 9.17) is 4.74 Å². The van der Waals surface area contributed by atoms with Crippen LogP contribution in [0.1, 0.15) is 6.92 Å². The normalized spacial score (nSPS) is 16.1. The second kappa shape index (κ2) is 6.30. The van der Waals surface area contributed by atoms with Gasteiger partial charge in [-0.05, 0) is 13.0 Å². The van der Waals surface area contributed by atoms with Crippen LogP contribution in [-0.2, 0) is 4.74 Å². The Kier molecular flexibility index (Phi) is 4.48. The van der Waals surface area contributed by atoms with E-state index < -0.39 is 4.92 Å². The Morgan fingerprint density at radius 2 is 2.21 bits per heavy atom. The van der Waals surface area contributed by atoms with E-state index in [1.165, 1.54) is 6.07 Å². The zero-order valence-corrected chi connectivity index (χ0v) is 10.8. The van der Waals surface area contributed by atoms with Crippen LogP contribution < -0.4 is 10.7 Å². The lowest BCUT2D eigenvalue weighted by molar-refractivity contribution is -0.384. The third-order valence-corrected chi connectivity index (χ3v) is 2.70. The van der Waals surface area contributed by atoms with Gasteiger partial charge in [0, 0.05) is 25.7 Å². The Bertz CT molecular complexity index is 448. The molecule has 1 aliphatic heterocycles. The summed E-state index contributed by atoms with van der Waals surface area (Å²) in [6, 6.07) is 3.06. The lowest BCUT2D eigenvalue weighted by Crippen LogP contribution is -2.40. The van der Waals surface area contributed by atoms with Crippen LogP contribution in [0.2, 0.25) is 0 Å². The van der Waals surface area contributed by atoms with E-state index in [0.29, 0.717) is 38.7 Å². The van der Waals surface area contributed by atoms with Crippen LogP contribution in [0.3, 0.4) is 0 Å². The van der Waals surface area contributed by atoms with Crippen LogP contribution >= 0.6 is 0 Å². The summed E-state index contributed by atoms with van der Waals surface area (Å²) >= 11 is 0. The molecule has 104 valence electrons. The largest absolute Gasteiger partial charge is 0.379 e. The van der Waals surface area contributed by atoms with E-state index in [1.54, 1.807) is 6.07 Å². The number of aromatic nitrogens is 1. The molecule has 0 aliphatic carbocycles. The van der Waals surface area contributed by atoms with Gasteiger partial charge in [0.1, 0.15) is 5.82 Å². The number of anilines is 2. The zero-order chi connectivity index (χ0) is 13.7. The summed E-state index contributed by atoms with van der Waals surface area (Å²) < 4.78 is 5.23. The molecule has 0 amide bonds. The number of nitrogens with zero attached hydrogens (tertiary/aromatic N) is 3. The molecule has 0 aromatic carbocycles. The molecule has 1 aliphatic rings. The van der Waals surface area contributed by atoms with Crippen molar-refractivity contribution in [1.29, 1.82) is 0 Å². The van der Waals surface area contributed by atoms with Gasteiger partial charge in [0.2, 0.25) is 5.82 Å². The molecule has 0 radical (unpaired) electrons. The van der Waals surface area contributed by atoms with Crippen LogP contribution in [0.5, 0.6) is 0 Å². The van der Waals surface area contributed by atoms with Crippen molar-refractivity contribution < 1.29 is 9.66 Å². The van der Waals surface area contributed by atoms with Crippen molar-refractivity contribution in [2.45, 2.75) is 6.92 Å².